The number of furan rings is 1. The van der Waals surface area contributed by atoms with Crippen LogP contribution in [0.15, 0.2) is 34.9 Å². The quantitative estimate of drug-likeness (QED) is 0.910. The molecule has 3 atom stereocenters. The number of benzene rings is 1. The Morgan fingerprint density at radius 1 is 1.30 bits per heavy atom. The molecule has 2 aliphatic heterocycles. The third-order valence-corrected chi connectivity index (χ3v) is 4.52. The maximum atomic E-state index is 12.3. The number of rotatable bonds is 2. The first-order valence-corrected chi connectivity index (χ1v) is 7.28. The molecule has 0 aliphatic carbocycles. The highest BCUT2D eigenvalue weighted by molar-refractivity contribution is 5.97. The van der Waals surface area contributed by atoms with E-state index in [1.807, 2.05) is 24.3 Å². The molecule has 0 spiro atoms. The lowest BCUT2D eigenvalue weighted by Crippen LogP contribution is -2.47. The van der Waals surface area contributed by atoms with Crippen LogP contribution < -0.4 is 5.32 Å². The monoisotopic (exact) mass is 270 g/mol. The lowest BCUT2D eigenvalue weighted by molar-refractivity contribution is 0.0909. The van der Waals surface area contributed by atoms with Crippen LogP contribution in [0, 0.1) is 5.92 Å². The van der Waals surface area contributed by atoms with Gasteiger partial charge in [0.2, 0.25) is 0 Å². The molecule has 20 heavy (non-hydrogen) atoms. The minimum Gasteiger partial charge on any atom is -0.464 e. The normalized spacial score (nSPS) is 28.7. The number of carbonyl (C=O) groups excluding carboxylic acids is 1. The second-order valence-corrected chi connectivity index (χ2v) is 5.99. The van der Waals surface area contributed by atoms with Crippen molar-refractivity contribution in [3.63, 3.8) is 0 Å². The zero-order valence-corrected chi connectivity index (χ0v) is 11.3. The van der Waals surface area contributed by atoms with Crippen molar-refractivity contribution in [1.82, 2.24) is 10.2 Å². The van der Waals surface area contributed by atoms with Gasteiger partial charge in [0.05, 0.1) is 6.26 Å². The predicted molar refractivity (Wildman–Crippen MR) is 76.6 cm³/mol. The molecule has 2 saturated heterocycles. The summed E-state index contributed by atoms with van der Waals surface area (Å²) in [4.78, 5) is 14.8. The molecule has 1 aromatic heterocycles. The summed E-state index contributed by atoms with van der Waals surface area (Å²) < 4.78 is 5.35. The fraction of sp³-hybridized carbons (Fsp3) is 0.438. The van der Waals surface area contributed by atoms with E-state index in [4.69, 9.17) is 4.42 Å². The van der Waals surface area contributed by atoms with Gasteiger partial charge in [-0.3, -0.25) is 4.79 Å². The number of fused-ring (bicyclic) bond motifs is 3. The lowest BCUT2D eigenvalue weighted by atomic mass is 9.96. The molecule has 4 heteroatoms. The van der Waals surface area contributed by atoms with E-state index >= 15 is 0 Å². The van der Waals surface area contributed by atoms with Crippen molar-refractivity contribution in [3.05, 3.63) is 36.1 Å². The molecule has 2 aliphatic rings. The molecular formula is C16H18N2O2. The SMILES string of the molecule is O=C(NC1CC2CCN(C2)C1)c1ccc2ccoc2c1. The van der Waals surface area contributed by atoms with Gasteiger partial charge < -0.3 is 14.6 Å². The maximum Gasteiger partial charge on any atom is 0.251 e. The van der Waals surface area contributed by atoms with Crippen LogP contribution in [0.1, 0.15) is 23.2 Å². The molecule has 4 rings (SSSR count). The summed E-state index contributed by atoms with van der Waals surface area (Å²) in [6, 6.07) is 7.81. The first-order valence-electron chi connectivity index (χ1n) is 7.28. The number of amides is 1. The Hall–Kier alpha value is -1.81. The molecule has 0 saturated carbocycles. The molecule has 3 heterocycles. The standard InChI is InChI=1S/C16H18N2O2/c19-16(13-2-1-12-4-6-20-15(12)8-13)17-14-7-11-3-5-18(9-11)10-14/h1-2,4,6,8,11,14H,3,5,7,9-10H2,(H,17,19). The highest BCUT2D eigenvalue weighted by atomic mass is 16.3. The van der Waals surface area contributed by atoms with Crippen LogP contribution in [0.5, 0.6) is 0 Å². The van der Waals surface area contributed by atoms with E-state index in [9.17, 15) is 4.79 Å². The first kappa shape index (κ1) is 12.0. The number of carbonyl (C=O) groups is 1. The summed E-state index contributed by atoms with van der Waals surface area (Å²) in [5, 5.41) is 4.20. The number of nitrogens with one attached hydrogen (secondary N) is 1. The third kappa shape index (κ3) is 2.10. The van der Waals surface area contributed by atoms with Gasteiger partial charge in [-0.15, -0.1) is 0 Å². The average molecular weight is 270 g/mol. The van der Waals surface area contributed by atoms with Gasteiger partial charge in [-0.05, 0) is 43.5 Å². The number of hydrogen-bond donors (Lipinski definition) is 1. The molecule has 104 valence electrons. The molecule has 2 bridgehead atoms. The minimum absolute atomic E-state index is 0.0100. The summed E-state index contributed by atoms with van der Waals surface area (Å²) in [5.74, 6) is 0.775. The highest BCUT2D eigenvalue weighted by Gasteiger charge is 2.32. The van der Waals surface area contributed by atoms with Crippen LogP contribution in [0.3, 0.4) is 0 Å². The van der Waals surface area contributed by atoms with Gasteiger partial charge in [0.25, 0.3) is 5.91 Å². The first-order chi connectivity index (χ1) is 9.78. The van der Waals surface area contributed by atoms with Crippen molar-refractivity contribution in [2.45, 2.75) is 18.9 Å². The summed E-state index contributed by atoms with van der Waals surface area (Å²) in [6.45, 7) is 3.39. The van der Waals surface area contributed by atoms with Gasteiger partial charge in [-0.25, -0.2) is 0 Å². The topological polar surface area (TPSA) is 45.5 Å². The Labute approximate surface area is 117 Å². The van der Waals surface area contributed by atoms with Crippen molar-refractivity contribution in [2.75, 3.05) is 19.6 Å². The second kappa shape index (κ2) is 4.63. The summed E-state index contributed by atoms with van der Waals surface area (Å²) in [6.07, 6.45) is 4.05. The largest absolute Gasteiger partial charge is 0.464 e. The van der Waals surface area contributed by atoms with E-state index in [-0.39, 0.29) is 11.9 Å². The van der Waals surface area contributed by atoms with Gasteiger partial charge in [0.15, 0.2) is 0 Å². The van der Waals surface area contributed by atoms with Crippen LogP contribution >= 0.6 is 0 Å². The van der Waals surface area contributed by atoms with Crippen LogP contribution in [-0.4, -0.2) is 36.5 Å². The van der Waals surface area contributed by atoms with Crippen LogP contribution in [0.25, 0.3) is 11.0 Å². The molecule has 1 amide bonds. The molecule has 0 radical (unpaired) electrons. The van der Waals surface area contributed by atoms with Crippen LogP contribution in [-0.2, 0) is 0 Å². The predicted octanol–water partition coefficient (Wildman–Crippen LogP) is 2.26. The third-order valence-electron chi connectivity index (χ3n) is 4.52. The van der Waals surface area contributed by atoms with Crippen LogP contribution in [0.2, 0.25) is 0 Å². The molecule has 1 N–H and O–H groups in total. The van der Waals surface area contributed by atoms with E-state index < -0.39 is 0 Å². The Kier molecular flexibility index (Phi) is 2.77. The van der Waals surface area contributed by atoms with Crippen molar-refractivity contribution >= 4 is 16.9 Å². The van der Waals surface area contributed by atoms with Gasteiger partial charge in [-0.1, -0.05) is 6.07 Å². The zero-order chi connectivity index (χ0) is 13.5. The van der Waals surface area contributed by atoms with Crippen molar-refractivity contribution < 1.29 is 9.21 Å². The summed E-state index contributed by atoms with van der Waals surface area (Å²) in [7, 11) is 0. The molecule has 1 aromatic carbocycles. The van der Waals surface area contributed by atoms with Crippen LogP contribution in [0.4, 0.5) is 0 Å². The van der Waals surface area contributed by atoms with E-state index in [1.165, 1.54) is 19.5 Å². The van der Waals surface area contributed by atoms with E-state index in [1.54, 1.807) is 6.26 Å². The highest BCUT2D eigenvalue weighted by Crippen LogP contribution is 2.27. The molecule has 2 aromatic rings. The molecule has 4 nitrogen and oxygen atoms in total. The Morgan fingerprint density at radius 3 is 3.15 bits per heavy atom. The van der Waals surface area contributed by atoms with Gasteiger partial charge in [-0.2, -0.15) is 0 Å². The summed E-state index contributed by atoms with van der Waals surface area (Å²) >= 11 is 0. The van der Waals surface area contributed by atoms with E-state index in [0.717, 1.165) is 29.9 Å². The zero-order valence-electron chi connectivity index (χ0n) is 11.3. The lowest BCUT2D eigenvalue weighted by Gasteiger charge is -2.30. The van der Waals surface area contributed by atoms with Gasteiger partial charge in [0.1, 0.15) is 5.58 Å². The maximum absolute atomic E-state index is 12.3. The van der Waals surface area contributed by atoms with Gasteiger partial charge in [0, 0.05) is 30.1 Å². The van der Waals surface area contributed by atoms with Gasteiger partial charge >= 0.3 is 0 Å². The Morgan fingerprint density at radius 2 is 2.25 bits per heavy atom. The number of piperidine rings is 1. The van der Waals surface area contributed by atoms with Crippen molar-refractivity contribution in [3.8, 4) is 0 Å². The average Bonchev–Trinajstić information content (AvgIpc) is 3.04. The summed E-state index contributed by atoms with van der Waals surface area (Å²) in [5.41, 5.74) is 1.45. The van der Waals surface area contributed by atoms with Crippen molar-refractivity contribution in [1.29, 1.82) is 0 Å². The minimum atomic E-state index is 0.0100. The fourth-order valence-electron chi connectivity index (χ4n) is 3.53. The molecular weight excluding hydrogens is 252 g/mol. The number of nitrogens with zero attached hydrogens (tertiary/aromatic N) is 1. The van der Waals surface area contributed by atoms with E-state index in [2.05, 4.69) is 10.2 Å². The fourth-order valence-corrected chi connectivity index (χ4v) is 3.53. The molecule has 2 fully saturated rings. The Bertz CT molecular complexity index is 637. The van der Waals surface area contributed by atoms with Crippen molar-refractivity contribution in [2.24, 2.45) is 5.92 Å². The molecule has 3 unspecified atom stereocenters. The Balaban J connectivity index is 1.49. The number of hydrogen-bond acceptors (Lipinski definition) is 3. The smallest absolute Gasteiger partial charge is 0.251 e. The van der Waals surface area contributed by atoms with E-state index in [0.29, 0.717) is 5.56 Å². The second-order valence-electron chi connectivity index (χ2n) is 5.99.